The van der Waals surface area contributed by atoms with E-state index < -0.39 is 0 Å². The first kappa shape index (κ1) is 14.4. The number of benzene rings is 1. The second kappa shape index (κ2) is 5.66. The van der Waals surface area contributed by atoms with Gasteiger partial charge in [0.1, 0.15) is 0 Å². The number of piperidine rings is 1. The number of rotatable bonds is 2. The summed E-state index contributed by atoms with van der Waals surface area (Å²) in [6.45, 7) is 2.60. The number of hydrogen-bond donors (Lipinski definition) is 1. The Morgan fingerprint density at radius 3 is 3.10 bits per heavy atom. The van der Waals surface area contributed by atoms with E-state index in [1.165, 1.54) is 0 Å². The van der Waals surface area contributed by atoms with E-state index in [1.54, 1.807) is 0 Å². The zero-order valence-electron chi connectivity index (χ0n) is 11.8. The highest BCUT2D eigenvalue weighted by Gasteiger charge is 2.40. The molecule has 6 heteroatoms. The molecule has 1 aromatic carbocycles. The van der Waals surface area contributed by atoms with Gasteiger partial charge in [0.2, 0.25) is 0 Å². The predicted molar refractivity (Wildman–Crippen MR) is 82.6 cm³/mol. The van der Waals surface area contributed by atoms with Gasteiger partial charge < -0.3 is 10.2 Å². The van der Waals surface area contributed by atoms with E-state index in [4.69, 9.17) is 5.26 Å². The number of nitriles is 1. The third kappa shape index (κ3) is 2.76. The van der Waals surface area contributed by atoms with E-state index in [0.29, 0.717) is 11.6 Å². The topological polar surface area (TPSA) is 59.4 Å². The predicted octanol–water partition coefficient (Wildman–Crippen LogP) is 1.92. The number of carbonyl (C=O) groups excluding carboxylic acids is 1. The van der Waals surface area contributed by atoms with Gasteiger partial charge in [-0.3, -0.25) is 4.90 Å². The van der Waals surface area contributed by atoms with Crippen LogP contribution >= 0.6 is 15.9 Å². The molecule has 2 saturated heterocycles. The second-order valence-electron chi connectivity index (χ2n) is 5.68. The number of hydrogen-bond acceptors (Lipinski definition) is 3. The molecule has 3 rings (SSSR count). The summed E-state index contributed by atoms with van der Waals surface area (Å²) < 4.78 is 1.02. The zero-order valence-corrected chi connectivity index (χ0v) is 13.4. The molecule has 0 bridgehead atoms. The lowest BCUT2D eigenvalue weighted by atomic mass is 9.99. The first-order chi connectivity index (χ1) is 10.1. The van der Waals surface area contributed by atoms with Gasteiger partial charge in [0.15, 0.2) is 0 Å². The third-order valence-corrected chi connectivity index (χ3v) is 5.13. The fourth-order valence-electron chi connectivity index (χ4n) is 3.17. The molecule has 0 saturated carbocycles. The first-order valence-electron chi connectivity index (χ1n) is 7.02. The lowest BCUT2D eigenvalue weighted by molar-refractivity contribution is 0.147. The molecule has 2 fully saturated rings. The van der Waals surface area contributed by atoms with Crippen molar-refractivity contribution in [1.29, 1.82) is 5.26 Å². The van der Waals surface area contributed by atoms with E-state index in [2.05, 4.69) is 32.2 Å². The molecule has 0 aromatic heterocycles. The molecule has 1 aromatic rings. The Bertz CT molecular complexity index is 612. The van der Waals surface area contributed by atoms with E-state index in [-0.39, 0.29) is 12.1 Å². The van der Waals surface area contributed by atoms with Crippen molar-refractivity contribution in [3.05, 3.63) is 33.8 Å². The Morgan fingerprint density at radius 1 is 1.52 bits per heavy atom. The zero-order chi connectivity index (χ0) is 15.0. The average Bonchev–Trinajstić information content (AvgIpc) is 2.76. The summed E-state index contributed by atoms with van der Waals surface area (Å²) in [5.41, 5.74) is 1.79. The van der Waals surface area contributed by atoms with Crippen molar-refractivity contribution < 1.29 is 4.79 Å². The second-order valence-corrected chi connectivity index (χ2v) is 6.53. The molecule has 1 N–H and O–H groups in total. The number of halogens is 1. The largest absolute Gasteiger partial charge is 0.332 e. The van der Waals surface area contributed by atoms with Gasteiger partial charge in [-0.25, -0.2) is 4.79 Å². The number of carbonyl (C=O) groups is 1. The van der Waals surface area contributed by atoms with Gasteiger partial charge in [-0.15, -0.1) is 0 Å². The number of likely N-dealkylation sites (tertiary alicyclic amines) is 1. The van der Waals surface area contributed by atoms with Crippen LogP contribution in [-0.4, -0.2) is 48.1 Å². The lowest BCUT2D eigenvalue weighted by Crippen LogP contribution is -2.50. The summed E-state index contributed by atoms with van der Waals surface area (Å²) in [6.07, 6.45) is 0.982. The van der Waals surface area contributed by atoms with Crippen molar-refractivity contribution >= 4 is 22.0 Å². The minimum atomic E-state index is 0.0273. The minimum absolute atomic E-state index is 0.0273. The summed E-state index contributed by atoms with van der Waals surface area (Å²) in [5.74, 6) is 0. The maximum absolute atomic E-state index is 11.7. The molecular formula is C15H17BrN4O. The van der Waals surface area contributed by atoms with Gasteiger partial charge >= 0.3 is 6.03 Å². The number of nitrogens with zero attached hydrogens (tertiary/aromatic N) is 3. The van der Waals surface area contributed by atoms with E-state index in [0.717, 1.165) is 36.1 Å². The Labute approximate surface area is 132 Å². The van der Waals surface area contributed by atoms with Crippen LogP contribution in [0.25, 0.3) is 0 Å². The van der Waals surface area contributed by atoms with Crippen molar-refractivity contribution in [2.24, 2.45) is 0 Å². The minimum Gasteiger partial charge on any atom is -0.332 e. The van der Waals surface area contributed by atoms with Gasteiger partial charge in [-0.2, -0.15) is 5.26 Å². The summed E-state index contributed by atoms with van der Waals surface area (Å²) >= 11 is 3.55. The van der Waals surface area contributed by atoms with Gasteiger partial charge in [0.05, 0.1) is 23.7 Å². The number of urea groups is 1. The van der Waals surface area contributed by atoms with Crippen molar-refractivity contribution in [3.63, 3.8) is 0 Å². The summed E-state index contributed by atoms with van der Waals surface area (Å²) in [4.78, 5) is 15.8. The van der Waals surface area contributed by atoms with Crippen LogP contribution < -0.4 is 5.32 Å². The molecule has 0 unspecified atom stereocenters. The van der Waals surface area contributed by atoms with Crippen LogP contribution in [0, 0.1) is 11.3 Å². The van der Waals surface area contributed by atoms with Gasteiger partial charge in [-0.1, -0.05) is 15.9 Å². The highest BCUT2D eigenvalue weighted by Crippen LogP contribution is 2.25. The van der Waals surface area contributed by atoms with Gasteiger partial charge in [-0.05, 0) is 30.2 Å². The van der Waals surface area contributed by atoms with E-state index >= 15 is 0 Å². The van der Waals surface area contributed by atoms with Gasteiger partial charge in [0, 0.05) is 31.2 Å². The monoisotopic (exact) mass is 348 g/mol. The van der Waals surface area contributed by atoms with Crippen molar-refractivity contribution in [1.82, 2.24) is 15.1 Å². The standard InChI is InChI=1S/C15H17BrN4O/c1-19-14-4-5-20(9-13(14)18-15(19)21)8-11-6-10(7-17)2-3-12(11)16/h2-3,6,13-14H,4-5,8-9H2,1H3,(H,18,21)/t13-,14+/m1/s1. The Morgan fingerprint density at radius 2 is 2.33 bits per heavy atom. The van der Waals surface area contributed by atoms with Crippen LogP contribution in [0.15, 0.2) is 22.7 Å². The summed E-state index contributed by atoms with van der Waals surface area (Å²) in [6, 6.07) is 8.38. The van der Waals surface area contributed by atoms with Crippen LogP contribution in [0.5, 0.6) is 0 Å². The molecule has 110 valence electrons. The normalized spacial score (nSPS) is 25.4. The smallest absolute Gasteiger partial charge is 0.317 e. The third-order valence-electron chi connectivity index (χ3n) is 4.36. The first-order valence-corrected chi connectivity index (χ1v) is 7.82. The van der Waals surface area contributed by atoms with Crippen LogP contribution in [-0.2, 0) is 6.54 Å². The lowest BCUT2D eigenvalue weighted by Gasteiger charge is -2.35. The molecule has 0 aliphatic carbocycles. The number of amides is 2. The van der Waals surface area contributed by atoms with Crippen LogP contribution in [0.1, 0.15) is 17.5 Å². The van der Waals surface area contributed by atoms with E-state index in [1.807, 2.05) is 30.1 Å². The number of fused-ring (bicyclic) bond motifs is 1. The van der Waals surface area contributed by atoms with Crippen molar-refractivity contribution in [3.8, 4) is 6.07 Å². The molecule has 2 amide bonds. The molecule has 2 atom stereocenters. The SMILES string of the molecule is CN1C(=O)N[C@@H]2CN(Cc3cc(C#N)ccc3Br)CC[C@@H]21. The van der Waals surface area contributed by atoms with E-state index in [9.17, 15) is 4.79 Å². The molecule has 0 radical (unpaired) electrons. The summed E-state index contributed by atoms with van der Waals surface area (Å²) in [5, 5.41) is 12.0. The van der Waals surface area contributed by atoms with Crippen molar-refractivity contribution in [2.45, 2.75) is 25.0 Å². The number of nitrogens with one attached hydrogen (secondary N) is 1. The molecule has 0 spiro atoms. The fourth-order valence-corrected chi connectivity index (χ4v) is 3.55. The average molecular weight is 349 g/mol. The highest BCUT2D eigenvalue weighted by molar-refractivity contribution is 9.10. The molecule has 5 nitrogen and oxygen atoms in total. The maximum Gasteiger partial charge on any atom is 0.317 e. The van der Waals surface area contributed by atoms with Gasteiger partial charge in [0.25, 0.3) is 0 Å². The fraction of sp³-hybridized carbons (Fsp3) is 0.467. The Balaban J connectivity index is 1.70. The maximum atomic E-state index is 11.7. The molecule has 2 aliphatic heterocycles. The Hall–Kier alpha value is -1.58. The highest BCUT2D eigenvalue weighted by atomic mass is 79.9. The molecule has 2 aliphatic rings. The number of likely N-dealkylation sites (N-methyl/N-ethyl adjacent to an activating group) is 1. The van der Waals surface area contributed by atoms with Crippen LogP contribution in [0.2, 0.25) is 0 Å². The molecule has 2 heterocycles. The van der Waals surface area contributed by atoms with Crippen molar-refractivity contribution in [2.75, 3.05) is 20.1 Å². The quantitative estimate of drug-likeness (QED) is 0.888. The van der Waals surface area contributed by atoms with Crippen LogP contribution in [0.3, 0.4) is 0 Å². The molecular weight excluding hydrogens is 332 g/mol. The summed E-state index contributed by atoms with van der Waals surface area (Å²) in [7, 11) is 1.86. The Kier molecular flexibility index (Phi) is 3.87. The molecule has 21 heavy (non-hydrogen) atoms. The van der Waals surface area contributed by atoms with Crippen LogP contribution in [0.4, 0.5) is 4.79 Å².